The molecule has 9 nitrogen and oxygen atoms in total. The predicted molar refractivity (Wildman–Crippen MR) is 173 cm³/mol. The van der Waals surface area contributed by atoms with Gasteiger partial charge in [0.15, 0.2) is 15.3 Å². The Morgan fingerprint density at radius 2 is 1.72 bits per heavy atom. The zero-order valence-electron chi connectivity index (χ0n) is 22.2. The molecule has 0 spiro atoms. The van der Waals surface area contributed by atoms with Crippen molar-refractivity contribution < 1.29 is 9.72 Å². The highest BCUT2D eigenvalue weighted by Crippen LogP contribution is 2.34. The normalized spacial score (nSPS) is 11.1. The molecule has 0 unspecified atom stereocenters. The third kappa shape index (κ3) is 6.73. The van der Waals surface area contributed by atoms with Gasteiger partial charge in [-0.1, -0.05) is 77.6 Å². The number of rotatable bonds is 10. The molecule has 6 aromatic rings. The standard InChI is InChI=1S/C30H21ClN6O3S3/c31-24-9-5-4-8-23(24)28-34-35-29(36(28)21-6-2-1-3-7-21)41-18-27(38)32-20-12-15-25-26(16-20)43-30(33-25)42-17-19-10-13-22(14-11-19)37(39)40/h1-16H,17-18H2,(H,32,38). The van der Waals surface area contributed by atoms with Crippen LogP contribution in [-0.2, 0) is 10.5 Å². The summed E-state index contributed by atoms with van der Waals surface area (Å²) in [7, 11) is 0. The largest absolute Gasteiger partial charge is 0.325 e. The van der Waals surface area contributed by atoms with Gasteiger partial charge in [-0.2, -0.15) is 0 Å². The van der Waals surface area contributed by atoms with E-state index in [2.05, 4.69) is 20.5 Å². The number of nitrogens with one attached hydrogen (secondary N) is 1. The fraction of sp³-hybridized carbons (Fsp3) is 0.0667. The van der Waals surface area contributed by atoms with Gasteiger partial charge in [-0.05, 0) is 48.0 Å². The number of non-ortho nitro benzene ring substituents is 1. The number of benzene rings is 4. The maximum absolute atomic E-state index is 13.0. The van der Waals surface area contributed by atoms with Gasteiger partial charge in [-0.3, -0.25) is 19.5 Å². The first kappa shape index (κ1) is 28.9. The van der Waals surface area contributed by atoms with E-state index < -0.39 is 4.92 Å². The molecule has 0 radical (unpaired) electrons. The zero-order chi connectivity index (χ0) is 29.8. The van der Waals surface area contributed by atoms with E-state index in [4.69, 9.17) is 11.6 Å². The third-order valence-corrected chi connectivity index (χ3v) is 9.75. The number of nitrogens with zero attached hydrogens (tertiary/aromatic N) is 5. The van der Waals surface area contributed by atoms with Crippen molar-refractivity contribution in [2.75, 3.05) is 11.1 Å². The van der Waals surface area contributed by atoms with Crippen molar-refractivity contribution in [1.29, 1.82) is 0 Å². The summed E-state index contributed by atoms with van der Waals surface area (Å²) in [6.45, 7) is 0. The smallest absolute Gasteiger partial charge is 0.269 e. The fourth-order valence-corrected chi connectivity index (χ4v) is 7.26. The van der Waals surface area contributed by atoms with Crippen molar-refractivity contribution in [3.05, 3.63) is 118 Å². The molecule has 2 aromatic heterocycles. The molecule has 1 amide bonds. The highest BCUT2D eigenvalue weighted by atomic mass is 35.5. The quantitative estimate of drug-likeness (QED) is 0.0903. The summed E-state index contributed by atoms with van der Waals surface area (Å²) in [5.74, 6) is 1.19. The van der Waals surface area contributed by atoms with E-state index in [9.17, 15) is 14.9 Å². The molecule has 0 aliphatic carbocycles. The van der Waals surface area contributed by atoms with Crippen molar-refractivity contribution >= 4 is 74.0 Å². The number of thiazole rings is 1. The minimum absolute atomic E-state index is 0.0710. The van der Waals surface area contributed by atoms with Gasteiger partial charge >= 0.3 is 0 Å². The van der Waals surface area contributed by atoms with E-state index in [1.165, 1.54) is 35.2 Å². The molecular formula is C30H21ClN6O3S3. The van der Waals surface area contributed by atoms with Crippen LogP contribution in [-0.4, -0.2) is 36.3 Å². The summed E-state index contributed by atoms with van der Waals surface area (Å²) in [6, 6.07) is 29.3. The SMILES string of the molecule is O=C(CSc1nnc(-c2ccccc2Cl)n1-c1ccccc1)Nc1ccc2nc(SCc3ccc([N+](=O)[O-])cc3)sc2c1. The second-order valence-electron chi connectivity index (χ2n) is 9.17. The molecule has 0 saturated carbocycles. The second kappa shape index (κ2) is 13.0. The van der Waals surface area contributed by atoms with E-state index >= 15 is 0 Å². The second-order valence-corrected chi connectivity index (χ2v) is 12.8. The van der Waals surface area contributed by atoms with Crippen LogP contribution < -0.4 is 5.32 Å². The molecule has 0 saturated heterocycles. The number of carbonyl (C=O) groups excluding carboxylic acids is 1. The molecule has 13 heteroatoms. The van der Waals surface area contributed by atoms with Crippen LogP contribution in [0.4, 0.5) is 11.4 Å². The molecule has 4 aromatic carbocycles. The molecule has 214 valence electrons. The number of hydrogen-bond acceptors (Lipinski definition) is 9. The van der Waals surface area contributed by atoms with Crippen molar-refractivity contribution in [2.24, 2.45) is 0 Å². The number of amides is 1. The molecule has 2 heterocycles. The van der Waals surface area contributed by atoms with Gasteiger partial charge in [0, 0.05) is 34.8 Å². The Morgan fingerprint density at radius 3 is 2.49 bits per heavy atom. The Labute approximate surface area is 263 Å². The maximum atomic E-state index is 13.0. The molecule has 43 heavy (non-hydrogen) atoms. The maximum Gasteiger partial charge on any atom is 0.269 e. The number of fused-ring (bicyclic) bond motifs is 1. The Kier molecular flexibility index (Phi) is 8.70. The van der Waals surface area contributed by atoms with Crippen LogP contribution >= 0.6 is 46.5 Å². The van der Waals surface area contributed by atoms with Gasteiger partial charge in [0.1, 0.15) is 0 Å². The Morgan fingerprint density at radius 1 is 0.953 bits per heavy atom. The van der Waals surface area contributed by atoms with Crippen LogP contribution in [0.3, 0.4) is 0 Å². The van der Waals surface area contributed by atoms with E-state index in [1.807, 2.05) is 77.4 Å². The number of hydrogen-bond donors (Lipinski definition) is 1. The number of nitro benzene ring substituents is 1. The van der Waals surface area contributed by atoms with Gasteiger partial charge in [-0.25, -0.2) is 4.98 Å². The molecule has 6 rings (SSSR count). The Hall–Kier alpha value is -4.23. The molecule has 0 aliphatic rings. The monoisotopic (exact) mass is 644 g/mol. The summed E-state index contributed by atoms with van der Waals surface area (Å²) in [5, 5.41) is 23.8. The van der Waals surface area contributed by atoms with E-state index in [1.54, 1.807) is 23.9 Å². The van der Waals surface area contributed by atoms with Gasteiger partial charge in [0.2, 0.25) is 5.91 Å². The lowest BCUT2D eigenvalue weighted by Crippen LogP contribution is -2.14. The highest BCUT2D eigenvalue weighted by Gasteiger charge is 2.19. The van der Waals surface area contributed by atoms with Crippen LogP contribution in [0.1, 0.15) is 5.56 Å². The Balaban J connectivity index is 1.12. The number of aromatic nitrogens is 4. The van der Waals surface area contributed by atoms with E-state index in [0.29, 0.717) is 27.4 Å². The number of anilines is 1. The molecule has 1 N–H and O–H groups in total. The average Bonchev–Trinajstić information content (AvgIpc) is 3.63. The molecule has 0 aliphatic heterocycles. The summed E-state index contributed by atoms with van der Waals surface area (Å²) in [6.07, 6.45) is 0. The predicted octanol–water partition coefficient (Wildman–Crippen LogP) is 8.13. The third-order valence-electron chi connectivity index (χ3n) is 6.26. The minimum Gasteiger partial charge on any atom is -0.325 e. The number of nitro groups is 1. The zero-order valence-corrected chi connectivity index (χ0v) is 25.4. The first-order chi connectivity index (χ1) is 20.9. The lowest BCUT2D eigenvalue weighted by atomic mass is 10.2. The van der Waals surface area contributed by atoms with Crippen LogP contribution in [0.15, 0.2) is 107 Å². The van der Waals surface area contributed by atoms with Gasteiger partial charge in [-0.15, -0.1) is 21.5 Å². The lowest BCUT2D eigenvalue weighted by molar-refractivity contribution is -0.384. The molecule has 0 atom stereocenters. The first-order valence-corrected chi connectivity index (χ1v) is 16.1. The summed E-state index contributed by atoms with van der Waals surface area (Å²) < 4.78 is 3.73. The molecular weight excluding hydrogens is 624 g/mol. The van der Waals surface area contributed by atoms with Gasteiger partial charge in [0.25, 0.3) is 5.69 Å². The van der Waals surface area contributed by atoms with Crippen molar-refractivity contribution in [3.8, 4) is 17.1 Å². The van der Waals surface area contributed by atoms with E-state index in [0.717, 1.165) is 31.4 Å². The van der Waals surface area contributed by atoms with Crippen molar-refractivity contribution in [3.63, 3.8) is 0 Å². The Bertz CT molecular complexity index is 1930. The summed E-state index contributed by atoms with van der Waals surface area (Å²) >= 11 is 10.9. The topological polar surface area (TPSA) is 116 Å². The first-order valence-electron chi connectivity index (χ1n) is 12.9. The molecule has 0 fully saturated rings. The summed E-state index contributed by atoms with van der Waals surface area (Å²) in [5.41, 5.74) is 4.17. The van der Waals surface area contributed by atoms with Crippen LogP contribution in [0.2, 0.25) is 5.02 Å². The van der Waals surface area contributed by atoms with Crippen molar-refractivity contribution in [1.82, 2.24) is 19.7 Å². The number of thioether (sulfide) groups is 2. The van der Waals surface area contributed by atoms with Gasteiger partial charge in [0.05, 0.1) is 25.9 Å². The number of carbonyl (C=O) groups is 1. The van der Waals surface area contributed by atoms with Crippen molar-refractivity contribution in [2.45, 2.75) is 15.2 Å². The van der Waals surface area contributed by atoms with Crippen LogP contribution in [0.5, 0.6) is 0 Å². The lowest BCUT2D eigenvalue weighted by Gasteiger charge is -2.11. The van der Waals surface area contributed by atoms with E-state index in [-0.39, 0.29) is 17.3 Å². The number of halogens is 1. The van der Waals surface area contributed by atoms with Crippen LogP contribution in [0.25, 0.3) is 27.3 Å². The highest BCUT2D eigenvalue weighted by molar-refractivity contribution is 8.00. The minimum atomic E-state index is -0.408. The molecule has 0 bridgehead atoms. The summed E-state index contributed by atoms with van der Waals surface area (Å²) in [4.78, 5) is 28.1. The van der Waals surface area contributed by atoms with Crippen LogP contribution in [0, 0.1) is 10.1 Å². The van der Waals surface area contributed by atoms with Gasteiger partial charge < -0.3 is 5.32 Å². The number of para-hydroxylation sites is 1. The fourth-order valence-electron chi connectivity index (χ4n) is 4.22. The average molecular weight is 645 g/mol.